The maximum absolute atomic E-state index is 13.8. The normalized spacial score (nSPS) is 12.9. The molecule has 144 valence electrons. The number of hydrogen-bond donors (Lipinski definition) is 3. The fraction of sp³-hybridized carbons (Fsp3) is 0.300. The maximum Gasteiger partial charge on any atom is 0.275 e. The first kappa shape index (κ1) is 20.5. The summed E-state index contributed by atoms with van der Waals surface area (Å²) in [5.41, 5.74) is 1.81. The summed E-state index contributed by atoms with van der Waals surface area (Å²) in [4.78, 5) is 24.7. The van der Waals surface area contributed by atoms with E-state index in [0.717, 1.165) is 16.5 Å². The van der Waals surface area contributed by atoms with Crippen LogP contribution in [0.5, 0.6) is 0 Å². The van der Waals surface area contributed by atoms with Gasteiger partial charge in [-0.1, -0.05) is 18.2 Å². The van der Waals surface area contributed by atoms with Crippen LogP contribution in [0.1, 0.15) is 34.5 Å². The standard InChI is InChI=1S/C20H23F2N3O2/c1-13(17-9-8-16(21)10-18(17)22)24-19(26)12-25(3)11-14-4-6-15(7-5-14)20(27)23-2/h4-10,13H,11-12H2,1-3H3,(H,23,27)(H,24,26)/p+1/t13-/m1/s1. The monoisotopic (exact) mass is 376 g/mol. The molecule has 0 aromatic heterocycles. The van der Waals surface area contributed by atoms with Gasteiger partial charge in [0.05, 0.1) is 13.1 Å². The van der Waals surface area contributed by atoms with Gasteiger partial charge in [0.1, 0.15) is 18.2 Å². The molecule has 0 fully saturated rings. The predicted molar refractivity (Wildman–Crippen MR) is 98.2 cm³/mol. The molecule has 2 atom stereocenters. The summed E-state index contributed by atoms with van der Waals surface area (Å²) < 4.78 is 26.8. The molecule has 2 aromatic rings. The SMILES string of the molecule is CNC(=O)c1ccc(C[NH+](C)CC(=O)N[C@H](C)c2ccc(F)cc2F)cc1. The molecule has 0 aliphatic rings. The van der Waals surface area contributed by atoms with Crippen molar-refractivity contribution in [3.05, 3.63) is 70.8 Å². The van der Waals surface area contributed by atoms with Crippen LogP contribution in [0, 0.1) is 11.6 Å². The lowest BCUT2D eigenvalue weighted by molar-refractivity contribution is -0.885. The third-order valence-corrected chi connectivity index (χ3v) is 4.22. The fourth-order valence-electron chi connectivity index (χ4n) is 2.83. The highest BCUT2D eigenvalue weighted by Crippen LogP contribution is 2.17. The number of hydrogen-bond acceptors (Lipinski definition) is 2. The number of benzene rings is 2. The van der Waals surface area contributed by atoms with Crippen LogP contribution in [-0.4, -0.2) is 32.5 Å². The van der Waals surface area contributed by atoms with Gasteiger partial charge < -0.3 is 15.5 Å². The summed E-state index contributed by atoms with van der Waals surface area (Å²) in [6.07, 6.45) is 0. The van der Waals surface area contributed by atoms with Crippen molar-refractivity contribution in [2.75, 3.05) is 20.6 Å². The number of likely N-dealkylation sites (N-methyl/N-ethyl adjacent to an activating group) is 1. The summed E-state index contributed by atoms with van der Waals surface area (Å²) in [7, 11) is 3.45. The summed E-state index contributed by atoms with van der Waals surface area (Å²) in [6.45, 7) is 2.45. The van der Waals surface area contributed by atoms with Crippen LogP contribution in [0.4, 0.5) is 8.78 Å². The zero-order valence-electron chi connectivity index (χ0n) is 15.6. The van der Waals surface area contributed by atoms with E-state index < -0.39 is 17.7 Å². The highest BCUT2D eigenvalue weighted by atomic mass is 19.1. The quantitative estimate of drug-likeness (QED) is 0.680. The molecule has 0 heterocycles. The second-order valence-electron chi connectivity index (χ2n) is 6.54. The Morgan fingerprint density at radius 1 is 1.11 bits per heavy atom. The minimum absolute atomic E-state index is 0.149. The van der Waals surface area contributed by atoms with Gasteiger partial charge in [0, 0.05) is 29.8 Å². The smallest absolute Gasteiger partial charge is 0.275 e. The maximum atomic E-state index is 13.8. The molecule has 0 saturated heterocycles. The molecule has 2 aromatic carbocycles. The predicted octanol–water partition coefficient (Wildman–Crippen LogP) is 1.22. The highest BCUT2D eigenvalue weighted by Gasteiger charge is 2.17. The summed E-state index contributed by atoms with van der Waals surface area (Å²) in [6, 6.07) is 9.92. The molecule has 0 radical (unpaired) electrons. The van der Waals surface area contributed by atoms with Gasteiger partial charge in [-0.25, -0.2) is 8.78 Å². The summed E-state index contributed by atoms with van der Waals surface area (Å²) >= 11 is 0. The van der Waals surface area contributed by atoms with Gasteiger partial charge in [-0.2, -0.15) is 0 Å². The van der Waals surface area contributed by atoms with Gasteiger partial charge in [0.25, 0.3) is 11.8 Å². The van der Waals surface area contributed by atoms with Gasteiger partial charge in [0.2, 0.25) is 0 Å². The molecule has 0 aliphatic carbocycles. The van der Waals surface area contributed by atoms with Crippen LogP contribution in [0.25, 0.3) is 0 Å². The Morgan fingerprint density at radius 3 is 2.37 bits per heavy atom. The Balaban J connectivity index is 1.88. The molecule has 7 heteroatoms. The molecule has 0 aliphatic heterocycles. The third kappa shape index (κ3) is 5.86. The zero-order valence-corrected chi connectivity index (χ0v) is 15.6. The van der Waals surface area contributed by atoms with Crippen molar-refractivity contribution in [1.82, 2.24) is 10.6 Å². The van der Waals surface area contributed by atoms with Crippen molar-refractivity contribution in [3.63, 3.8) is 0 Å². The minimum atomic E-state index is -0.681. The van der Waals surface area contributed by atoms with Crippen LogP contribution < -0.4 is 15.5 Å². The second-order valence-corrected chi connectivity index (χ2v) is 6.54. The molecule has 5 nitrogen and oxygen atoms in total. The van der Waals surface area contributed by atoms with Gasteiger partial charge in [-0.15, -0.1) is 0 Å². The van der Waals surface area contributed by atoms with Crippen molar-refractivity contribution in [2.45, 2.75) is 19.5 Å². The number of quaternary nitrogens is 1. The largest absolute Gasteiger partial charge is 0.355 e. The van der Waals surface area contributed by atoms with E-state index in [2.05, 4.69) is 10.6 Å². The van der Waals surface area contributed by atoms with E-state index >= 15 is 0 Å². The Kier molecular flexibility index (Phi) is 7.01. The van der Waals surface area contributed by atoms with E-state index in [-0.39, 0.29) is 23.9 Å². The van der Waals surface area contributed by atoms with Crippen LogP contribution in [0.15, 0.2) is 42.5 Å². The molecule has 3 N–H and O–H groups in total. The van der Waals surface area contributed by atoms with Crippen molar-refractivity contribution < 1.29 is 23.3 Å². The van der Waals surface area contributed by atoms with E-state index in [1.165, 1.54) is 12.1 Å². The van der Waals surface area contributed by atoms with Crippen molar-refractivity contribution in [2.24, 2.45) is 0 Å². The average molecular weight is 376 g/mol. The first-order chi connectivity index (χ1) is 12.8. The molecule has 0 bridgehead atoms. The first-order valence-electron chi connectivity index (χ1n) is 8.66. The number of halogens is 2. The first-order valence-corrected chi connectivity index (χ1v) is 8.66. The van der Waals surface area contributed by atoms with Crippen LogP contribution >= 0.6 is 0 Å². The zero-order chi connectivity index (χ0) is 20.0. The Labute approximate surface area is 157 Å². The number of carbonyl (C=O) groups excluding carboxylic acids is 2. The number of nitrogens with one attached hydrogen (secondary N) is 3. The van der Waals surface area contributed by atoms with Crippen LogP contribution in [0.3, 0.4) is 0 Å². The lowest BCUT2D eigenvalue weighted by Crippen LogP contribution is -3.08. The van der Waals surface area contributed by atoms with Gasteiger partial charge in [-0.05, 0) is 25.1 Å². The van der Waals surface area contributed by atoms with Crippen molar-refractivity contribution in [1.29, 1.82) is 0 Å². The molecular weight excluding hydrogens is 352 g/mol. The van der Waals surface area contributed by atoms with Crippen molar-refractivity contribution >= 4 is 11.8 Å². The lowest BCUT2D eigenvalue weighted by Gasteiger charge is -2.18. The van der Waals surface area contributed by atoms with Crippen LogP contribution in [-0.2, 0) is 11.3 Å². The molecule has 1 unspecified atom stereocenters. The Hall–Kier alpha value is -2.80. The summed E-state index contributed by atoms with van der Waals surface area (Å²) in [5.74, 6) is -1.71. The Bertz CT molecular complexity index is 809. The van der Waals surface area contributed by atoms with E-state index in [9.17, 15) is 18.4 Å². The van der Waals surface area contributed by atoms with E-state index in [1.807, 2.05) is 19.2 Å². The molecule has 0 saturated carbocycles. The number of amides is 2. The molecule has 2 rings (SSSR count). The Morgan fingerprint density at radius 2 is 1.78 bits per heavy atom. The topological polar surface area (TPSA) is 62.6 Å². The molecule has 0 spiro atoms. The average Bonchev–Trinajstić information content (AvgIpc) is 2.61. The van der Waals surface area contributed by atoms with E-state index in [4.69, 9.17) is 0 Å². The molecular formula is C20H24F2N3O2+. The lowest BCUT2D eigenvalue weighted by atomic mass is 10.1. The minimum Gasteiger partial charge on any atom is -0.355 e. The van der Waals surface area contributed by atoms with Crippen molar-refractivity contribution in [3.8, 4) is 0 Å². The number of carbonyl (C=O) groups is 2. The second kappa shape index (κ2) is 9.23. The van der Waals surface area contributed by atoms with Gasteiger partial charge in [0.15, 0.2) is 6.54 Å². The van der Waals surface area contributed by atoms with Crippen LogP contribution in [0.2, 0.25) is 0 Å². The molecule has 2 amide bonds. The fourth-order valence-corrected chi connectivity index (χ4v) is 2.83. The van der Waals surface area contributed by atoms with Gasteiger partial charge in [-0.3, -0.25) is 9.59 Å². The van der Waals surface area contributed by atoms with E-state index in [1.54, 1.807) is 26.1 Å². The highest BCUT2D eigenvalue weighted by molar-refractivity contribution is 5.93. The molecule has 27 heavy (non-hydrogen) atoms. The van der Waals surface area contributed by atoms with Gasteiger partial charge >= 0.3 is 0 Å². The summed E-state index contributed by atoms with van der Waals surface area (Å²) in [5, 5.41) is 5.29. The van der Waals surface area contributed by atoms with E-state index in [0.29, 0.717) is 12.1 Å². The third-order valence-electron chi connectivity index (χ3n) is 4.22. The number of rotatable bonds is 7.